The van der Waals surface area contributed by atoms with E-state index in [9.17, 15) is 19.7 Å². The molecule has 0 aromatic heterocycles. The van der Waals surface area contributed by atoms with Gasteiger partial charge >= 0.3 is 6.03 Å². The Morgan fingerprint density at radius 3 is 2.23 bits per heavy atom. The lowest BCUT2D eigenvalue weighted by Gasteiger charge is -2.35. The molecule has 1 saturated heterocycles. The van der Waals surface area contributed by atoms with Crippen LogP contribution in [0.1, 0.15) is 23.1 Å². The van der Waals surface area contributed by atoms with Crippen molar-refractivity contribution in [1.82, 2.24) is 4.90 Å². The van der Waals surface area contributed by atoms with Crippen LogP contribution in [-0.4, -0.2) is 28.3 Å². The highest BCUT2D eigenvalue weighted by molar-refractivity contribution is 6.16. The van der Waals surface area contributed by atoms with Crippen molar-refractivity contribution in [3.63, 3.8) is 0 Å². The lowest BCUT2D eigenvalue weighted by Crippen LogP contribution is -2.52. The Morgan fingerprint density at radius 1 is 1.04 bits per heavy atom. The monoisotopic (exact) mass is 353 g/mol. The van der Waals surface area contributed by atoms with Crippen molar-refractivity contribution in [2.24, 2.45) is 0 Å². The van der Waals surface area contributed by atoms with Gasteiger partial charge in [0.25, 0.3) is 5.69 Å². The predicted molar refractivity (Wildman–Crippen MR) is 96.9 cm³/mol. The summed E-state index contributed by atoms with van der Waals surface area (Å²) in [5, 5.41) is 10.8. The number of imide groups is 1. The van der Waals surface area contributed by atoms with Gasteiger partial charge in [0.1, 0.15) is 0 Å². The number of benzene rings is 2. The van der Waals surface area contributed by atoms with Crippen LogP contribution < -0.4 is 4.90 Å². The maximum Gasteiger partial charge on any atom is 0.331 e. The molecule has 0 atom stereocenters. The number of nitro benzene ring substituents is 1. The number of hydrogen-bond donors (Lipinski definition) is 0. The fraction of sp³-hybridized carbons (Fsp3) is 0.263. The van der Waals surface area contributed by atoms with E-state index in [2.05, 4.69) is 0 Å². The summed E-state index contributed by atoms with van der Waals surface area (Å²) in [5.41, 5.74) is 3.15. The van der Waals surface area contributed by atoms with Crippen LogP contribution in [0, 0.1) is 24.0 Å². The lowest BCUT2D eigenvalue weighted by molar-refractivity contribution is -0.384. The van der Waals surface area contributed by atoms with E-state index in [0.29, 0.717) is 18.8 Å². The van der Waals surface area contributed by atoms with E-state index in [-0.39, 0.29) is 24.0 Å². The third kappa shape index (κ3) is 3.28. The van der Waals surface area contributed by atoms with Crippen molar-refractivity contribution in [3.05, 3.63) is 69.3 Å². The van der Waals surface area contributed by atoms with Crippen LogP contribution in [0.25, 0.3) is 0 Å². The van der Waals surface area contributed by atoms with E-state index < -0.39 is 4.92 Å². The van der Waals surface area contributed by atoms with Crippen LogP contribution in [0.15, 0.2) is 42.5 Å². The van der Waals surface area contributed by atoms with Crippen molar-refractivity contribution >= 4 is 23.3 Å². The van der Waals surface area contributed by atoms with Gasteiger partial charge in [0.15, 0.2) is 0 Å². The average Bonchev–Trinajstić information content (AvgIpc) is 2.60. The van der Waals surface area contributed by atoms with Gasteiger partial charge in [-0.2, -0.15) is 0 Å². The molecular formula is C19H19N3O4. The Labute approximate surface area is 151 Å². The number of carbonyl (C=O) groups excluding carboxylic acids is 2. The molecule has 7 heteroatoms. The SMILES string of the molecule is Cc1cccc(C)c1N1C(=O)CCN(Cc2ccc([N+](=O)[O-])cc2)C1=O. The van der Waals surface area contributed by atoms with Gasteiger partial charge in [-0.3, -0.25) is 14.9 Å². The molecule has 26 heavy (non-hydrogen) atoms. The van der Waals surface area contributed by atoms with Crippen molar-refractivity contribution in [2.45, 2.75) is 26.8 Å². The minimum absolute atomic E-state index is 0.00561. The van der Waals surface area contributed by atoms with Crippen molar-refractivity contribution in [3.8, 4) is 0 Å². The van der Waals surface area contributed by atoms with Crippen LogP contribution >= 0.6 is 0 Å². The Kier molecular flexibility index (Phi) is 4.71. The summed E-state index contributed by atoms with van der Waals surface area (Å²) in [4.78, 5) is 38.5. The van der Waals surface area contributed by atoms with Gasteiger partial charge in [0, 0.05) is 31.6 Å². The molecule has 1 aliphatic rings. The second kappa shape index (κ2) is 6.95. The van der Waals surface area contributed by atoms with E-state index in [0.717, 1.165) is 16.7 Å². The standard InChI is InChI=1S/C19H19N3O4/c1-13-4-3-5-14(2)18(13)21-17(23)10-11-20(19(21)24)12-15-6-8-16(9-7-15)22(25)26/h3-9H,10-12H2,1-2H3. The molecule has 3 rings (SSSR count). The third-order valence-electron chi connectivity index (χ3n) is 4.49. The minimum atomic E-state index is -0.461. The Balaban J connectivity index is 1.85. The number of carbonyl (C=O) groups is 2. The molecule has 2 aromatic carbocycles. The molecule has 0 N–H and O–H groups in total. The van der Waals surface area contributed by atoms with E-state index in [1.54, 1.807) is 17.0 Å². The molecule has 1 fully saturated rings. The number of hydrogen-bond acceptors (Lipinski definition) is 4. The highest BCUT2D eigenvalue weighted by atomic mass is 16.6. The zero-order valence-electron chi connectivity index (χ0n) is 14.6. The minimum Gasteiger partial charge on any atom is -0.319 e. The smallest absolute Gasteiger partial charge is 0.319 e. The third-order valence-corrected chi connectivity index (χ3v) is 4.49. The first-order chi connectivity index (χ1) is 12.4. The molecule has 7 nitrogen and oxygen atoms in total. The van der Waals surface area contributed by atoms with Crippen molar-refractivity contribution < 1.29 is 14.5 Å². The molecule has 1 aliphatic heterocycles. The number of nitrogens with zero attached hydrogens (tertiary/aromatic N) is 3. The summed E-state index contributed by atoms with van der Waals surface area (Å²) in [5.74, 6) is -0.215. The van der Waals surface area contributed by atoms with Crippen molar-refractivity contribution in [2.75, 3.05) is 11.4 Å². The molecule has 3 amide bonds. The molecule has 1 heterocycles. The maximum atomic E-state index is 12.9. The first-order valence-corrected chi connectivity index (χ1v) is 8.30. The zero-order valence-corrected chi connectivity index (χ0v) is 14.6. The van der Waals surface area contributed by atoms with Gasteiger partial charge in [0.2, 0.25) is 5.91 Å². The molecule has 0 radical (unpaired) electrons. The summed E-state index contributed by atoms with van der Waals surface area (Å²) in [6.07, 6.45) is 0.243. The van der Waals surface area contributed by atoms with Crippen LogP contribution in [0.5, 0.6) is 0 Å². The summed E-state index contributed by atoms with van der Waals surface area (Å²) < 4.78 is 0. The number of non-ortho nitro benzene ring substituents is 1. The Morgan fingerprint density at radius 2 is 1.65 bits per heavy atom. The van der Waals surface area contributed by atoms with Gasteiger partial charge in [-0.15, -0.1) is 0 Å². The molecule has 0 unspecified atom stereocenters. The number of nitro groups is 1. The molecule has 134 valence electrons. The number of urea groups is 1. The highest BCUT2D eigenvalue weighted by Gasteiger charge is 2.34. The van der Waals surface area contributed by atoms with Crippen LogP contribution in [0.3, 0.4) is 0 Å². The normalized spacial score (nSPS) is 14.7. The first-order valence-electron chi connectivity index (χ1n) is 8.30. The van der Waals surface area contributed by atoms with E-state index in [1.165, 1.54) is 17.0 Å². The second-order valence-corrected chi connectivity index (χ2v) is 6.35. The number of anilines is 1. The summed E-state index contributed by atoms with van der Waals surface area (Å²) in [7, 11) is 0. The summed E-state index contributed by atoms with van der Waals surface area (Å²) >= 11 is 0. The molecule has 2 aromatic rings. The average molecular weight is 353 g/mol. The van der Waals surface area contributed by atoms with E-state index in [4.69, 9.17) is 0 Å². The zero-order chi connectivity index (χ0) is 18.8. The Bertz CT molecular complexity index is 857. The van der Waals surface area contributed by atoms with Crippen LogP contribution in [0.2, 0.25) is 0 Å². The molecular weight excluding hydrogens is 334 g/mol. The fourth-order valence-electron chi connectivity index (χ4n) is 3.16. The molecule has 0 aliphatic carbocycles. The van der Waals surface area contributed by atoms with Crippen LogP contribution in [-0.2, 0) is 11.3 Å². The topological polar surface area (TPSA) is 83.8 Å². The first kappa shape index (κ1) is 17.6. The van der Waals surface area contributed by atoms with Gasteiger partial charge in [-0.25, -0.2) is 9.69 Å². The largest absolute Gasteiger partial charge is 0.331 e. The van der Waals surface area contributed by atoms with E-state index in [1.807, 2.05) is 32.0 Å². The number of para-hydroxylation sites is 1. The summed E-state index contributed by atoms with van der Waals surface area (Å²) in [6, 6.07) is 11.4. The van der Waals surface area contributed by atoms with Crippen molar-refractivity contribution in [1.29, 1.82) is 0 Å². The Hall–Kier alpha value is -3.22. The lowest BCUT2D eigenvalue weighted by atomic mass is 10.1. The van der Waals surface area contributed by atoms with Gasteiger partial charge in [0.05, 0.1) is 10.6 Å². The second-order valence-electron chi connectivity index (χ2n) is 6.35. The fourth-order valence-corrected chi connectivity index (χ4v) is 3.16. The molecule has 0 saturated carbocycles. The molecule has 0 bridgehead atoms. The van der Waals surface area contributed by atoms with Gasteiger partial charge in [-0.1, -0.05) is 30.3 Å². The quantitative estimate of drug-likeness (QED) is 0.621. The van der Waals surface area contributed by atoms with Crippen LogP contribution in [0.4, 0.5) is 16.2 Å². The number of aryl methyl sites for hydroxylation is 2. The van der Waals surface area contributed by atoms with Gasteiger partial charge in [-0.05, 0) is 30.5 Å². The van der Waals surface area contributed by atoms with Gasteiger partial charge < -0.3 is 4.90 Å². The summed E-state index contributed by atoms with van der Waals surface area (Å²) in [6.45, 7) is 4.37. The predicted octanol–water partition coefficient (Wildman–Crippen LogP) is 3.57. The highest BCUT2D eigenvalue weighted by Crippen LogP contribution is 2.29. The molecule has 0 spiro atoms. The number of rotatable bonds is 4. The van der Waals surface area contributed by atoms with E-state index >= 15 is 0 Å². The number of amides is 3. The maximum absolute atomic E-state index is 12.9.